The molecule has 1 unspecified atom stereocenters. The van der Waals surface area contributed by atoms with Crippen molar-refractivity contribution < 1.29 is 5.21 Å². The van der Waals surface area contributed by atoms with Gasteiger partial charge in [0, 0.05) is 17.7 Å². The van der Waals surface area contributed by atoms with Crippen LogP contribution in [0.2, 0.25) is 0 Å². The van der Waals surface area contributed by atoms with Crippen LogP contribution < -0.4 is 0 Å². The van der Waals surface area contributed by atoms with Crippen LogP contribution in [0.15, 0.2) is 23.5 Å². The second kappa shape index (κ2) is 7.82. The van der Waals surface area contributed by atoms with Crippen molar-refractivity contribution in [2.24, 2.45) is 5.16 Å². The Balaban J connectivity index is 2.91. The lowest BCUT2D eigenvalue weighted by Crippen LogP contribution is -2.05. The summed E-state index contributed by atoms with van der Waals surface area (Å²) in [6, 6.07) is 3.83. The van der Waals surface area contributed by atoms with Crippen LogP contribution in [0, 0.1) is 0 Å². The van der Waals surface area contributed by atoms with E-state index in [9.17, 15) is 0 Å². The summed E-state index contributed by atoms with van der Waals surface area (Å²) in [6.07, 6.45) is 9.18. The van der Waals surface area contributed by atoms with Gasteiger partial charge in [-0.15, -0.1) is 0 Å². The fourth-order valence-corrected chi connectivity index (χ4v) is 2.16. The number of oxime groups is 1. The van der Waals surface area contributed by atoms with E-state index in [4.69, 9.17) is 5.21 Å². The standard InChI is InChI=1S/C14H22N2O/c1-3-5-8-12(7-4-2)14-13(11-16-17)9-6-10-15-14/h6,9-12,17H,3-5,7-8H2,1-2H3/b16-11+. The molecular weight excluding hydrogens is 212 g/mol. The third-order valence-corrected chi connectivity index (χ3v) is 3.00. The fraction of sp³-hybridized carbons (Fsp3) is 0.571. The largest absolute Gasteiger partial charge is 0.411 e. The van der Waals surface area contributed by atoms with E-state index in [0.29, 0.717) is 5.92 Å². The molecule has 94 valence electrons. The van der Waals surface area contributed by atoms with Gasteiger partial charge in [-0.2, -0.15) is 0 Å². The molecule has 1 N–H and O–H groups in total. The summed E-state index contributed by atoms with van der Waals surface area (Å²) in [7, 11) is 0. The molecule has 0 bridgehead atoms. The summed E-state index contributed by atoms with van der Waals surface area (Å²) in [6.45, 7) is 4.40. The molecule has 0 radical (unpaired) electrons. The first kappa shape index (κ1) is 13.7. The highest BCUT2D eigenvalue weighted by molar-refractivity contribution is 5.80. The molecule has 1 aromatic heterocycles. The molecule has 0 amide bonds. The van der Waals surface area contributed by atoms with Crippen LogP contribution in [0.5, 0.6) is 0 Å². The first-order valence-electron chi connectivity index (χ1n) is 6.45. The van der Waals surface area contributed by atoms with Gasteiger partial charge in [0.15, 0.2) is 0 Å². The van der Waals surface area contributed by atoms with Gasteiger partial charge in [-0.3, -0.25) is 4.98 Å². The molecule has 1 heterocycles. The van der Waals surface area contributed by atoms with E-state index in [1.165, 1.54) is 19.1 Å². The lowest BCUT2D eigenvalue weighted by molar-refractivity contribution is 0.321. The zero-order valence-corrected chi connectivity index (χ0v) is 10.8. The van der Waals surface area contributed by atoms with Crippen molar-refractivity contribution in [1.29, 1.82) is 0 Å². The van der Waals surface area contributed by atoms with Gasteiger partial charge in [0.05, 0.1) is 11.9 Å². The Morgan fingerprint density at radius 3 is 2.82 bits per heavy atom. The highest BCUT2D eigenvalue weighted by Gasteiger charge is 2.14. The van der Waals surface area contributed by atoms with Crippen molar-refractivity contribution in [3.63, 3.8) is 0 Å². The molecule has 3 nitrogen and oxygen atoms in total. The number of hydrogen-bond acceptors (Lipinski definition) is 3. The number of nitrogens with zero attached hydrogens (tertiary/aromatic N) is 2. The second-order valence-electron chi connectivity index (χ2n) is 4.35. The SMILES string of the molecule is CCCCC(CCC)c1ncccc1/C=N/O. The number of unbranched alkanes of at least 4 members (excludes halogenated alkanes) is 1. The van der Waals surface area contributed by atoms with Crippen LogP contribution in [-0.4, -0.2) is 16.4 Å². The average Bonchev–Trinajstić information content (AvgIpc) is 2.36. The monoisotopic (exact) mass is 234 g/mol. The van der Waals surface area contributed by atoms with E-state index < -0.39 is 0 Å². The molecule has 3 heteroatoms. The molecule has 17 heavy (non-hydrogen) atoms. The smallest absolute Gasteiger partial charge is 0.0752 e. The first-order chi connectivity index (χ1) is 8.33. The van der Waals surface area contributed by atoms with Crippen molar-refractivity contribution >= 4 is 6.21 Å². The van der Waals surface area contributed by atoms with Crippen LogP contribution in [0.1, 0.15) is 63.1 Å². The minimum Gasteiger partial charge on any atom is -0.411 e. The number of hydrogen-bond donors (Lipinski definition) is 1. The first-order valence-corrected chi connectivity index (χ1v) is 6.45. The van der Waals surface area contributed by atoms with Gasteiger partial charge < -0.3 is 5.21 Å². The minimum absolute atomic E-state index is 0.481. The third kappa shape index (κ3) is 4.17. The molecule has 0 aliphatic carbocycles. The van der Waals surface area contributed by atoms with Gasteiger partial charge in [0.2, 0.25) is 0 Å². The van der Waals surface area contributed by atoms with Crippen LogP contribution >= 0.6 is 0 Å². The van der Waals surface area contributed by atoms with E-state index in [-0.39, 0.29) is 0 Å². The maximum atomic E-state index is 8.67. The van der Waals surface area contributed by atoms with Gasteiger partial charge in [0.1, 0.15) is 0 Å². The van der Waals surface area contributed by atoms with Gasteiger partial charge in [-0.1, -0.05) is 38.3 Å². The molecule has 0 saturated heterocycles. The molecule has 0 aliphatic rings. The van der Waals surface area contributed by atoms with Crippen molar-refractivity contribution in [2.75, 3.05) is 0 Å². The Morgan fingerprint density at radius 1 is 1.35 bits per heavy atom. The van der Waals surface area contributed by atoms with E-state index in [2.05, 4.69) is 24.0 Å². The minimum atomic E-state index is 0.481. The van der Waals surface area contributed by atoms with Crippen molar-refractivity contribution in [2.45, 2.75) is 51.9 Å². The Morgan fingerprint density at radius 2 is 2.18 bits per heavy atom. The Labute approximate surface area is 104 Å². The van der Waals surface area contributed by atoms with E-state index in [0.717, 1.165) is 30.5 Å². The Kier molecular flexibility index (Phi) is 6.30. The summed E-state index contributed by atoms with van der Waals surface area (Å²) in [5.41, 5.74) is 2.00. The predicted molar refractivity (Wildman–Crippen MR) is 70.8 cm³/mol. The quantitative estimate of drug-likeness (QED) is 0.441. The van der Waals surface area contributed by atoms with E-state index >= 15 is 0 Å². The molecule has 0 aromatic carbocycles. The molecule has 0 fully saturated rings. The highest BCUT2D eigenvalue weighted by Crippen LogP contribution is 2.27. The summed E-state index contributed by atoms with van der Waals surface area (Å²) in [5, 5.41) is 11.8. The average molecular weight is 234 g/mol. The second-order valence-corrected chi connectivity index (χ2v) is 4.35. The normalized spacial score (nSPS) is 13.1. The van der Waals surface area contributed by atoms with Gasteiger partial charge in [-0.25, -0.2) is 0 Å². The zero-order chi connectivity index (χ0) is 12.5. The van der Waals surface area contributed by atoms with Gasteiger partial charge >= 0.3 is 0 Å². The number of pyridine rings is 1. The number of aromatic nitrogens is 1. The van der Waals surface area contributed by atoms with Gasteiger partial charge in [-0.05, 0) is 25.0 Å². The lowest BCUT2D eigenvalue weighted by atomic mass is 9.91. The third-order valence-electron chi connectivity index (χ3n) is 3.00. The summed E-state index contributed by atoms with van der Waals surface area (Å²) >= 11 is 0. The van der Waals surface area contributed by atoms with Crippen molar-refractivity contribution in [1.82, 2.24) is 4.98 Å². The number of rotatable bonds is 7. The van der Waals surface area contributed by atoms with Crippen molar-refractivity contribution in [3.8, 4) is 0 Å². The maximum Gasteiger partial charge on any atom is 0.0752 e. The van der Waals surface area contributed by atoms with Crippen LogP contribution in [0.3, 0.4) is 0 Å². The van der Waals surface area contributed by atoms with Crippen LogP contribution in [-0.2, 0) is 0 Å². The topological polar surface area (TPSA) is 45.5 Å². The predicted octanol–water partition coefficient (Wildman–Crippen LogP) is 3.96. The summed E-state index contributed by atoms with van der Waals surface area (Å²) in [4.78, 5) is 4.47. The molecule has 1 atom stereocenters. The zero-order valence-electron chi connectivity index (χ0n) is 10.8. The molecule has 0 aliphatic heterocycles. The van der Waals surface area contributed by atoms with Crippen LogP contribution in [0.25, 0.3) is 0 Å². The van der Waals surface area contributed by atoms with Crippen LogP contribution in [0.4, 0.5) is 0 Å². The van der Waals surface area contributed by atoms with E-state index in [1.807, 2.05) is 18.3 Å². The summed E-state index contributed by atoms with van der Waals surface area (Å²) < 4.78 is 0. The lowest BCUT2D eigenvalue weighted by Gasteiger charge is -2.17. The molecular formula is C14H22N2O. The molecule has 0 saturated carbocycles. The Bertz CT molecular complexity index is 350. The Hall–Kier alpha value is -1.38. The molecule has 1 rings (SSSR count). The van der Waals surface area contributed by atoms with Crippen molar-refractivity contribution in [3.05, 3.63) is 29.6 Å². The van der Waals surface area contributed by atoms with Gasteiger partial charge in [0.25, 0.3) is 0 Å². The fourth-order valence-electron chi connectivity index (χ4n) is 2.16. The van der Waals surface area contributed by atoms with E-state index in [1.54, 1.807) is 0 Å². The maximum absolute atomic E-state index is 8.67. The molecule has 1 aromatic rings. The summed E-state index contributed by atoms with van der Waals surface area (Å²) in [5.74, 6) is 0.481. The highest BCUT2D eigenvalue weighted by atomic mass is 16.4. The molecule has 0 spiro atoms.